The second-order valence-corrected chi connectivity index (χ2v) is 6.66. The zero-order valence-electron chi connectivity index (χ0n) is 14.7. The van der Waals surface area contributed by atoms with Gasteiger partial charge in [-0.2, -0.15) is 5.10 Å². The maximum atomic E-state index is 9.55. The molecule has 0 bridgehead atoms. The van der Waals surface area contributed by atoms with Gasteiger partial charge in [0.15, 0.2) is 5.82 Å². The molecule has 1 aliphatic heterocycles. The van der Waals surface area contributed by atoms with Crippen LogP contribution in [0.25, 0.3) is 5.82 Å². The Kier molecular flexibility index (Phi) is 4.61. The summed E-state index contributed by atoms with van der Waals surface area (Å²) < 4.78 is 3.57. The van der Waals surface area contributed by atoms with E-state index in [4.69, 9.17) is 0 Å². The van der Waals surface area contributed by atoms with Crippen molar-refractivity contribution < 1.29 is 5.11 Å². The fourth-order valence-corrected chi connectivity index (χ4v) is 3.24. The molecule has 1 aliphatic rings. The van der Waals surface area contributed by atoms with Gasteiger partial charge in [0.05, 0.1) is 12.3 Å². The molecule has 0 spiro atoms. The lowest BCUT2D eigenvalue weighted by Gasteiger charge is -2.32. The van der Waals surface area contributed by atoms with Gasteiger partial charge in [-0.25, -0.2) is 14.6 Å². The fraction of sp³-hybridized carbons (Fsp3) is 0.471. The summed E-state index contributed by atoms with van der Waals surface area (Å²) in [5, 5.41) is 21.9. The van der Waals surface area contributed by atoms with E-state index in [1.807, 2.05) is 29.2 Å². The molecule has 26 heavy (non-hydrogen) atoms. The van der Waals surface area contributed by atoms with Gasteiger partial charge in [-0.1, -0.05) is 5.21 Å². The molecule has 4 heterocycles. The van der Waals surface area contributed by atoms with E-state index in [1.165, 1.54) is 0 Å². The van der Waals surface area contributed by atoms with Crippen LogP contribution in [-0.4, -0.2) is 52.9 Å². The highest BCUT2D eigenvalue weighted by atomic mass is 16.3. The van der Waals surface area contributed by atoms with Crippen LogP contribution >= 0.6 is 0 Å². The van der Waals surface area contributed by atoms with Gasteiger partial charge in [0.2, 0.25) is 0 Å². The van der Waals surface area contributed by atoms with Crippen molar-refractivity contribution in [3.05, 3.63) is 42.7 Å². The van der Waals surface area contributed by atoms with Crippen molar-refractivity contribution in [3.63, 3.8) is 0 Å². The van der Waals surface area contributed by atoms with Crippen LogP contribution in [0.15, 0.2) is 37.1 Å². The Morgan fingerprint density at radius 1 is 1.23 bits per heavy atom. The summed E-state index contributed by atoms with van der Waals surface area (Å²) in [4.78, 5) is 11.0. The van der Waals surface area contributed by atoms with E-state index in [1.54, 1.807) is 24.1 Å². The number of aliphatic hydroxyl groups is 1. The second kappa shape index (κ2) is 7.20. The fourth-order valence-electron chi connectivity index (χ4n) is 3.24. The molecule has 3 aromatic heterocycles. The van der Waals surface area contributed by atoms with E-state index in [0.29, 0.717) is 11.6 Å². The van der Waals surface area contributed by atoms with Crippen LogP contribution in [0.1, 0.15) is 31.6 Å². The summed E-state index contributed by atoms with van der Waals surface area (Å²) in [6.45, 7) is 4.41. The van der Waals surface area contributed by atoms with Gasteiger partial charge in [-0.15, -0.1) is 5.10 Å². The minimum Gasteiger partial charge on any atom is -0.387 e. The first-order chi connectivity index (χ1) is 12.7. The highest BCUT2D eigenvalue weighted by molar-refractivity contribution is 5.43. The minimum atomic E-state index is -0.577. The SMILES string of the molecule is CC(O)c1cn(CC2CCN(c3cc(-n4cccn4)ncn3)CC2)nn1. The third kappa shape index (κ3) is 3.57. The first-order valence-electron chi connectivity index (χ1n) is 8.84. The normalized spacial score (nSPS) is 16.8. The third-order valence-corrected chi connectivity index (χ3v) is 4.75. The molecule has 9 heteroatoms. The van der Waals surface area contributed by atoms with Gasteiger partial charge >= 0.3 is 0 Å². The van der Waals surface area contributed by atoms with Crippen LogP contribution in [0, 0.1) is 5.92 Å². The lowest BCUT2D eigenvalue weighted by molar-refractivity contribution is 0.194. The molecule has 0 aromatic carbocycles. The molecule has 0 amide bonds. The zero-order valence-corrected chi connectivity index (χ0v) is 14.7. The highest BCUT2D eigenvalue weighted by Gasteiger charge is 2.21. The molecule has 1 atom stereocenters. The number of piperidine rings is 1. The summed E-state index contributed by atoms with van der Waals surface area (Å²) in [7, 11) is 0. The first kappa shape index (κ1) is 16.6. The van der Waals surface area contributed by atoms with E-state index in [-0.39, 0.29) is 0 Å². The molecule has 136 valence electrons. The molecule has 4 rings (SSSR count). The Labute approximate surface area is 151 Å². The van der Waals surface area contributed by atoms with Gasteiger partial charge in [0, 0.05) is 38.1 Å². The summed E-state index contributed by atoms with van der Waals surface area (Å²) >= 11 is 0. The number of hydrogen-bond donors (Lipinski definition) is 1. The molecule has 0 radical (unpaired) electrons. The molecule has 1 N–H and O–H groups in total. The average Bonchev–Trinajstić information content (AvgIpc) is 3.35. The summed E-state index contributed by atoms with van der Waals surface area (Å²) in [6.07, 6.45) is 8.57. The van der Waals surface area contributed by atoms with Crippen LogP contribution in [0.4, 0.5) is 5.82 Å². The minimum absolute atomic E-state index is 0.544. The van der Waals surface area contributed by atoms with Crippen LogP contribution in [0.5, 0.6) is 0 Å². The van der Waals surface area contributed by atoms with Crippen molar-refractivity contribution in [2.45, 2.75) is 32.4 Å². The van der Waals surface area contributed by atoms with Crippen LogP contribution in [-0.2, 0) is 6.54 Å². The van der Waals surface area contributed by atoms with Crippen LogP contribution < -0.4 is 4.90 Å². The number of rotatable bonds is 5. The Morgan fingerprint density at radius 3 is 2.73 bits per heavy atom. The number of aromatic nitrogens is 7. The predicted molar refractivity (Wildman–Crippen MR) is 94.7 cm³/mol. The molecule has 0 saturated carbocycles. The quantitative estimate of drug-likeness (QED) is 0.736. The molecule has 3 aromatic rings. The first-order valence-corrected chi connectivity index (χ1v) is 8.84. The smallest absolute Gasteiger partial charge is 0.158 e. The Hall–Kier alpha value is -2.81. The Morgan fingerprint density at radius 2 is 2.04 bits per heavy atom. The number of anilines is 1. The van der Waals surface area contributed by atoms with Gasteiger partial charge in [0.1, 0.15) is 17.8 Å². The second-order valence-electron chi connectivity index (χ2n) is 6.66. The zero-order chi connectivity index (χ0) is 17.9. The van der Waals surface area contributed by atoms with E-state index in [2.05, 4.69) is 30.3 Å². The number of nitrogens with zero attached hydrogens (tertiary/aromatic N) is 8. The molecule has 9 nitrogen and oxygen atoms in total. The van der Waals surface area contributed by atoms with Gasteiger partial charge in [0.25, 0.3) is 0 Å². The van der Waals surface area contributed by atoms with Crippen molar-refractivity contribution in [3.8, 4) is 5.82 Å². The van der Waals surface area contributed by atoms with Crippen molar-refractivity contribution in [1.82, 2.24) is 34.7 Å². The van der Waals surface area contributed by atoms with Crippen molar-refractivity contribution >= 4 is 5.82 Å². The van der Waals surface area contributed by atoms with E-state index in [0.717, 1.165) is 44.1 Å². The van der Waals surface area contributed by atoms with Crippen LogP contribution in [0.2, 0.25) is 0 Å². The third-order valence-electron chi connectivity index (χ3n) is 4.75. The summed E-state index contributed by atoms with van der Waals surface area (Å²) in [6, 6.07) is 3.85. The van der Waals surface area contributed by atoms with E-state index < -0.39 is 6.10 Å². The standard InChI is InChI=1S/C17H22N8O/c1-13(26)15-11-24(22-21-15)10-14-3-7-23(8-4-14)16-9-17(19-12-18-16)25-6-2-5-20-25/h2,5-6,9,11-14,26H,3-4,7-8,10H2,1H3. The largest absolute Gasteiger partial charge is 0.387 e. The maximum absolute atomic E-state index is 9.55. The summed E-state index contributed by atoms with van der Waals surface area (Å²) in [5.41, 5.74) is 0.620. The molecular weight excluding hydrogens is 332 g/mol. The Balaban J connectivity index is 1.37. The van der Waals surface area contributed by atoms with E-state index >= 15 is 0 Å². The predicted octanol–water partition coefficient (Wildman–Crippen LogP) is 1.22. The Bertz CT molecular complexity index is 836. The molecule has 1 saturated heterocycles. The van der Waals surface area contributed by atoms with Crippen molar-refractivity contribution in [2.75, 3.05) is 18.0 Å². The monoisotopic (exact) mass is 354 g/mol. The maximum Gasteiger partial charge on any atom is 0.158 e. The lowest BCUT2D eigenvalue weighted by atomic mass is 9.97. The van der Waals surface area contributed by atoms with Crippen molar-refractivity contribution in [2.24, 2.45) is 5.92 Å². The summed E-state index contributed by atoms with van der Waals surface area (Å²) in [5.74, 6) is 2.25. The number of hydrogen-bond acceptors (Lipinski definition) is 7. The lowest BCUT2D eigenvalue weighted by Crippen LogP contribution is -2.35. The topological polar surface area (TPSA) is 97.8 Å². The van der Waals surface area contributed by atoms with Gasteiger partial charge < -0.3 is 10.0 Å². The molecule has 1 fully saturated rings. The highest BCUT2D eigenvalue weighted by Crippen LogP contribution is 2.23. The van der Waals surface area contributed by atoms with Crippen molar-refractivity contribution in [1.29, 1.82) is 0 Å². The molecular formula is C17H22N8O. The van der Waals surface area contributed by atoms with E-state index in [9.17, 15) is 5.11 Å². The molecule has 1 unspecified atom stereocenters. The average molecular weight is 354 g/mol. The van der Waals surface area contributed by atoms with Gasteiger partial charge in [-0.3, -0.25) is 4.68 Å². The molecule has 0 aliphatic carbocycles. The van der Waals surface area contributed by atoms with Gasteiger partial charge in [-0.05, 0) is 31.7 Å². The number of aliphatic hydroxyl groups excluding tert-OH is 1. The van der Waals surface area contributed by atoms with Crippen LogP contribution in [0.3, 0.4) is 0 Å².